The number of ketones is 2. The maximum atomic E-state index is 12.1. The Bertz CT molecular complexity index is 915. The van der Waals surface area contributed by atoms with Crippen LogP contribution in [0, 0.1) is 0 Å². The van der Waals surface area contributed by atoms with Crippen LogP contribution in [0.15, 0.2) is 60.7 Å². The lowest BCUT2D eigenvalue weighted by atomic mass is 9.93. The molecule has 2 nitrogen and oxygen atoms in total. The van der Waals surface area contributed by atoms with Gasteiger partial charge in [0.25, 0.3) is 0 Å². The van der Waals surface area contributed by atoms with Crippen LogP contribution in [0.2, 0.25) is 0 Å². The van der Waals surface area contributed by atoms with Gasteiger partial charge in [-0.2, -0.15) is 0 Å². The van der Waals surface area contributed by atoms with Crippen LogP contribution in [-0.2, 0) is 0 Å². The SMILES string of the molecule is CC.O=C(CBr)c1ccc(-c2ccc(C(=O)CBr)c3ccccc23)cc1. The molecule has 0 aliphatic rings. The van der Waals surface area contributed by atoms with Crippen LogP contribution in [0.3, 0.4) is 0 Å². The number of carbonyl (C=O) groups excluding carboxylic acids is 2. The Morgan fingerprint density at radius 1 is 0.731 bits per heavy atom. The molecule has 0 unspecified atom stereocenters. The molecule has 26 heavy (non-hydrogen) atoms. The van der Waals surface area contributed by atoms with Gasteiger partial charge in [-0.25, -0.2) is 0 Å². The first-order chi connectivity index (χ1) is 12.7. The normalized spacial score (nSPS) is 10.2. The first-order valence-electron chi connectivity index (χ1n) is 8.46. The fourth-order valence-electron chi connectivity index (χ4n) is 2.78. The van der Waals surface area contributed by atoms with Crippen LogP contribution in [0.5, 0.6) is 0 Å². The van der Waals surface area contributed by atoms with Crippen molar-refractivity contribution in [3.05, 3.63) is 71.8 Å². The number of hydrogen-bond acceptors (Lipinski definition) is 2. The number of carbonyl (C=O) groups is 2. The lowest BCUT2D eigenvalue weighted by Gasteiger charge is -2.11. The summed E-state index contributed by atoms with van der Waals surface area (Å²) in [5.74, 6) is 0.126. The lowest BCUT2D eigenvalue weighted by Crippen LogP contribution is -2.01. The molecule has 0 N–H and O–H groups in total. The highest BCUT2D eigenvalue weighted by atomic mass is 79.9. The summed E-state index contributed by atoms with van der Waals surface area (Å²) in [7, 11) is 0. The number of benzene rings is 3. The number of halogens is 2. The van der Waals surface area contributed by atoms with Gasteiger partial charge in [0.05, 0.1) is 10.7 Å². The minimum absolute atomic E-state index is 0.0599. The Hall–Kier alpha value is -1.78. The lowest BCUT2D eigenvalue weighted by molar-refractivity contribution is 0.101. The zero-order valence-electron chi connectivity index (χ0n) is 14.8. The van der Waals surface area contributed by atoms with E-state index in [4.69, 9.17) is 0 Å². The van der Waals surface area contributed by atoms with E-state index in [9.17, 15) is 9.59 Å². The molecular weight excluding hydrogens is 456 g/mol. The summed E-state index contributed by atoms with van der Waals surface area (Å²) in [5, 5.41) is 2.60. The summed E-state index contributed by atoms with van der Waals surface area (Å²) in [5.41, 5.74) is 3.48. The van der Waals surface area contributed by atoms with Crippen LogP contribution in [-0.4, -0.2) is 22.2 Å². The van der Waals surface area contributed by atoms with Gasteiger partial charge in [-0.05, 0) is 21.9 Å². The molecule has 0 fully saturated rings. The van der Waals surface area contributed by atoms with Gasteiger partial charge in [-0.15, -0.1) is 0 Å². The number of fused-ring (bicyclic) bond motifs is 1. The van der Waals surface area contributed by atoms with Gasteiger partial charge in [-0.1, -0.05) is 106 Å². The largest absolute Gasteiger partial charge is 0.293 e. The van der Waals surface area contributed by atoms with E-state index in [1.165, 1.54) is 0 Å². The van der Waals surface area contributed by atoms with Gasteiger partial charge >= 0.3 is 0 Å². The van der Waals surface area contributed by atoms with Crippen molar-refractivity contribution in [2.75, 3.05) is 10.7 Å². The summed E-state index contributed by atoms with van der Waals surface area (Å²) >= 11 is 6.43. The average molecular weight is 476 g/mol. The molecule has 134 valence electrons. The van der Waals surface area contributed by atoms with Crippen molar-refractivity contribution in [1.82, 2.24) is 0 Å². The fraction of sp³-hybridized carbons (Fsp3) is 0.182. The highest BCUT2D eigenvalue weighted by molar-refractivity contribution is 9.09. The standard InChI is InChI=1S/C20H14Br2O2.C2H6/c21-11-19(23)14-7-5-13(6-8-14)15-9-10-18(20(24)12-22)17-4-2-1-3-16(15)17;1-2/h1-10H,11-12H2;1-2H3. The topological polar surface area (TPSA) is 34.1 Å². The Kier molecular flexibility index (Phi) is 7.73. The van der Waals surface area contributed by atoms with E-state index >= 15 is 0 Å². The molecule has 3 aromatic carbocycles. The molecule has 0 saturated carbocycles. The van der Waals surface area contributed by atoms with Crippen molar-refractivity contribution in [2.45, 2.75) is 13.8 Å². The highest BCUT2D eigenvalue weighted by Crippen LogP contribution is 2.31. The zero-order chi connectivity index (χ0) is 19.1. The molecule has 0 bridgehead atoms. The van der Waals surface area contributed by atoms with Crippen molar-refractivity contribution in [3.8, 4) is 11.1 Å². The van der Waals surface area contributed by atoms with E-state index in [1.807, 2.05) is 74.5 Å². The molecule has 3 rings (SSSR count). The van der Waals surface area contributed by atoms with Gasteiger partial charge < -0.3 is 0 Å². The number of Topliss-reactive ketones (excluding diaryl/α,β-unsaturated/α-hetero) is 2. The summed E-state index contributed by atoms with van der Waals surface area (Å²) in [6.07, 6.45) is 0. The van der Waals surface area contributed by atoms with E-state index in [2.05, 4.69) is 31.9 Å². The molecule has 0 aliphatic carbocycles. The van der Waals surface area contributed by atoms with Gasteiger partial charge in [0, 0.05) is 11.1 Å². The predicted octanol–water partition coefficient (Wildman–Crippen LogP) is 6.69. The minimum Gasteiger partial charge on any atom is -0.293 e. The molecule has 0 heterocycles. The van der Waals surface area contributed by atoms with Crippen LogP contribution in [0.4, 0.5) is 0 Å². The third kappa shape index (κ3) is 4.30. The van der Waals surface area contributed by atoms with Crippen molar-refractivity contribution in [2.24, 2.45) is 0 Å². The Morgan fingerprint density at radius 2 is 1.31 bits per heavy atom. The van der Waals surface area contributed by atoms with Crippen molar-refractivity contribution in [1.29, 1.82) is 0 Å². The molecule has 0 saturated heterocycles. The van der Waals surface area contributed by atoms with Gasteiger partial charge in [0.2, 0.25) is 0 Å². The second kappa shape index (κ2) is 9.79. The molecule has 0 radical (unpaired) electrons. The number of hydrogen-bond donors (Lipinski definition) is 0. The zero-order valence-corrected chi connectivity index (χ0v) is 17.9. The monoisotopic (exact) mass is 474 g/mol. The Labute approximate surface area is 170 Å². The van der Waals surface area contributed by atoms with E-state index in [1.54, 1.807) is 0 Å². The Balaban J connectivity index is 0.00000117. The number of alkyl halides is 2. The molecule has 0 aliphatic heterocycles. The molecule has 4 heteroatoms. The van der Waals surface area contributed by atoms with E-state index in [0.29, 0.717) is 16.2 Å². The molecule has 0 atom stereocenters. The third-order valence-corrected chi connectivity index (χ3v) is 5.00. The first-order valence-corrected chi connectivity index (χ1v) is 10.7. The minimum atomic E-state index is 0.0599. The second-order valence-electron chi connectivity index (χ2n) is 5.40. The maximum absolute atomic E-state index is 12.1. The maximum Gasteiger partial charge on any atom is 0.173 e. The third-order valence-electron chi connectivity index (χ3n) is 3.99. The predicted molar refractivity (Wildman–Crippen MR) is 117 cm³/mol. The van der Waals surface area contributed by atoms with Gasteiger partial charge in [0.1, 0.15) is 0 Å². The van der Waals surface area contributed by atoms with Crippen molar-refractivity contribution in [3.63, 3.8) is 0 Å². The van der Waals surface area contributed by atoms with Crippen LogP contribution < -0.4 is 0 Å². The van der Waals surface area contributed by atoms with Crippen molar-refractivity contribution >= 4 is 54.2 Å². The molecule has 0 amide bonds. The van der Waals surface area contributed by atoms with Crippen molar-refractivity contribution < 1.29 is 9.59 Å². The summed E-state index contributed by atoms with van der Waals surface area (Å²) in [4.78, 5) is 23.9. The molecule has 3 aromatic rings. The van der Waals surface area contributed by atoms with E-state index in [-0.39, 0.29) is 11.6 Å². The fourth-order valence-corrected chi connectivity index (χ4v) is 3.40. The molecule has 0 aromatic heterocycles. The summed E-state index contributed by atoms with van der Waals surface area (Å²) in [6, 6.07) is 19.3. The first kappa shape index (κ1) is 20.5. The van der Waals surface area contributed by atoms with E-state index < -0.39 is 0 Å². The smallest absolute Gasteiger partial charge is 0.173 e. The quantitative estimate of drug-likeness (QED) is 0.304. The van der Waals surface area contributed by atoms with Crippen LogP contribution in [0.25, 0.3) is 21.9 Å². The second-order valence-corrected chi connectivity index (χ2v) is 6.52. The summed E-state index contributed by atoms with van der Waals surface area (Å²) in [6.45, 7) is 4.00. The van der Waals surface area contributed by atoms with Crippen LogP contribution >= 0.6 is 31.9 Å². The highest BCUT2D eigenvalue weighted by Gasteiger charge is 2.12. The summed E-state index contributed by atoms with van der Waals surface area (Å²) < 4.78 is 0. The van der Waals surface area contributed by atoms with E-state index in [0.717, 1.165) is 27.5 Å². The number of rotatable bonds is 5. The van der Waals surface area contributed by atoms with Gasteiger partial charge in [-0.3, -0.25) is 9.59 Å². The van der Waals surface area contributed by atoms with Crippen LogP contribution in [0.1, 0.15) is 34.6 Å². The Morgan fingerprint density at radius 3 is 1.88 bits per heavy atom. The molecule has 0 spiro atoms. The molecular formula is C22H20Br2O2. The van der Waals surface area contributed by atoms with Gasteiger partial charge in [0.15, 0.2) is 11.6 Å². The average Bonchev–Trinajstić information content (AvgIpc) is 2.73.